The van der Waals surface area contributed by atoms with Crippen molar-refractivity contribution in [3.05, 3.63) is 47.1 Å². The molecule has 1 aromatic carbocycles. The predicted octanol–water partition coefficient (Wildman–Crippen LogP) is 1.86. The van der Waals surface area contributed by atoms with Gasteiger partial charge in [-0.3, -0.25) is 0 Å². The molecule has 2 rings (SSSR count). The summed E-state index contributed by atoms with van der Waals surface area (Å²) in [6, 6.07) is 5.61. The number of benzene rings is 1. The van der Waals surface area contributed by atoms with Gasteiger partial charge in [-0.25, -0.2) is 9.59 Å². The topological polar surface area (TPSA) is 114 Å². The van der Waals surface area contributed by atoms with Crippen LogP contribution in [-0.2, 0) is 38.1 Å². The lowest BCUT2D eigenvalue weighted by atomic mass is 10.0. The van der Waals surface area contributed by atoms with Crippen molar-refractivity contribution in [2.45, 2.75) is 5.51 Å². The van der Waals surface area contributed by atoms with Crippen molar-refractivity contribution in [1.29, 1.82) is 0 Å². The third kappa shape index (κ3) is 4.29. The second kappa shape index (κ2) is 8.03. The first-order chi connectivity index (χ1) is 13.5. The number of esters is 2. The van der Waals surface area contributed by atoms with E-state index < -0.39 is 50.4 Å². The highest BCUT2D eigenvalue weighted by Crippen LogP contribution is 2.37. The third-order valence-corrected chi connectivity index (χ3v) is 4.42. The minimum Gasteiger partial charge on any atom is -0.497 e. The van der Waals surface area contributed by atoms with Crippen LogP contribution < -0.4 is 4.74 Å². The molecule has 1 aromatic rings. The molecule has 0 amide bonds. The highest BCUT2D eigenvalue weighted by Gasteiger charge is 2.52. The predicted molar refractivity (Wildman–Crippen MR) is 88.1 cm³/mol. The monoisotopic (exact) mass is 438 g/mol. The lowest BCUT2D eigenvalue weighted by molar-refractivity contribution is -0.135. The van der Waals surface area contributed by atoms with Crippen molar-refractivity contribution in [2.75, 3.05) is 21.3 Å². The zero-order valence-corrected chi connectivity index (χ0v) is 15.8. The fourth-order valence-electron chi connectivity index (χ4n) is 2.16. The van der Waals surface area contributed by atoms with E-state index in [1.807, 2.05) is 0 Å². The Balaban J connectivity index is 2.69. The summed E-state index contributed by atoms with van der Waals surface area (Å²) in [5, 5.41) is 0. The molecular weight excluding hydrogens is 425 g/mol. The molecule has 0 unspecified atom stereocenters. The quantitative estimate of drug-likeness (QED) is 0.284. The molecule has 0 aromatic heterocycles. The van der Waals surface area contributed by atoms with E-state index in [2.05, 4.69) is 8.92 Å². The summed E-state index contributed by atoms with van der Waals surface area (Å²) in [6.45, 7) is 0. The number of halogens is 3. The zero-order valence-electron chi connectivity index (χ0n) is 15.0. The second-order valence-corrected chi connectivity index (χ2v) is 6.70. The van der Waals surface area contributed by atoms with Crippen molar-refractivity contribution in [3.8, 4) is 5.75 Å². The van der Waals surface area contributed by atoms with Crippen LogP contribution in [0.2, 0.25) is 0 Å². The molecule has 1 aliphatic rings. The van der Waals surface area contributed by atoms with Crippen molar-refractivity contribution in [3.63, 3.8) is 0 Å². The van der Waals surface area contributed by atoms with Crippen LogP contribution in [0.4, 0.5) is 13.2 Å². The number of methoxy groups -OCH3 is 3. The van der Waals surface area contributed by atoms with Gasteiger partial charge in [-0.1, -0.05) is 12.1 Å². The van der Waals surface area contributed by atoms with Crippen LogP contribution in [0.15, 0.2) is 41.5 Å². The maximum atomic E-state index is 12.6. The molecule has 0 saturated carbocycles. The van der Waals surface area contributed by atoms with E-state index in [1.165, 1.54) is 31.4 Å². The molecule has 0 saturated heterocycles. The number of cyclic esters (lactones) is 1. The van der Waals surface area contributed by atoms with Crippen molar-refractivity contribution < 1.29 is 54.3 Å². The van der Waals surface area contributed by atoms with Crippen LogP contribution in [-0.4, -0.2) is 47.2 Å². The number of carbonyl (C=O) groups excluding carboxylic acids is 2. The van der Waals surface area contributed by atoms with Gasteiger partial charge in [0.15, 0.2) is 5.76 Å². The third-order valence-electron chi connectivity index (χ3n) is 3.47. The van der Waals surface area contributed by atoms with Gasteiger partial charge in [0, 0.05) is 0 Å². The molecule has 0 N–H and O–H groups in total. The first kappa shape index (κ1) is 22.1. The second-order valence-electron chi connectivity index (χ2n) is 5.16. The molecule has 1 aliphatic heterocycles. The van der Waals surface area contributed by atoms with Gasteiger partial charge in [-0.15, -0.1) is 0 Å². The Morgan fingerprint density at radius 1 is 1.00 bits per heavy atom. The fourth-order valence-corrected chi connectivity index (χ4v) is 2.62. The Labute approximate surface area is 162 Å². The molecule has 0 atom stereocenters. The fraction of sp³-hybridized carbons (Fsp3) is 0.250. The molecule has 13 heteroatoms. The van der Waals surface area contributed by atoms with E-state index in [0.717, 1.165) is 14.2 Å². The zero-order chi connectivity index (χ0) is 22.0. The molecule has 0 fully saturated rings. The van der Waals surface area contributed by atoms with Crippen LogP contribution in [0.25, 0.3) is 5.57 Å². The molecule has 0 radical (unpaired) electrons. The number of rotatable bonds is 6. The van der Waals surface area contributed by atoms with Crippen molar-refractivity contribution >= 4 is 27.6 Å². The number of hydrogen-bond donors (Lipinski definition) is 0. The molecule has 1 heterocycles. The average Bonchev–Trinajstić information content (AvgIpc) is 2.96. The highest BCUT2D eigenvalue weighted by atomic mass is 32.2. The van der Waals surface area contributed by atoms with Gasteiger partial charge in [-0.05, 0) is 17.7 Å². The molecule has 9 nitrogen and oxygen atoms in total. The standard InChI is InChI=1S/C16H13F3O9S/c1-24-9-6-4-8(5-7-9)10(14(20)26-3)11-12(25-2)13(15(21)27-11)28-29(22,23)16(17,18)19/h4-7H,1-3H3/b11-10+. The Kier molecular flexibility index (Phi) is 6.11. The van der Waals surface area contributed by atoms with Gasteiger partial charge in [-0.2, -0.15) is 21.6 Å². The molecular formula is C16H13F3O9S. The molecule has 29 heavy (non-hydrogen) atoms. The summed E-state index contributed by atoms with van der Waals surface area (Å²) in [5.74, 6) is -5.16. The maximum Gasteiger partial charge on any atom is 0.534 e. The lowest BCUT2D eigenvalue weighted by Gasteiger charge is -2.11. The first-order valence-corrected chi connectivity index (χ1v) is 8.86. The number of carbonyl (C=O) groups is 2. The van der Waals surface area contributed by atoms with Crippen LogP contribution in [0, 0.1) is 0 Å². The lowest BCUT2D eigenvalue weighted by Crippen LogP contribution is -2.26. The van der Waals surface area contributed by atoms with Gasteiger partial charge < -0.3 is 23.1 Å². The van der Waals surface area contributed by atoms with E-state index in [-0.39, 0.29) is 5.56 Å². The normalized spacial score (nSPS) is 16.3. The van der Waals surface area contributed by atoms with E-state index in [4.69, 9.17) is 14.2 Å². The molecule has 0 aliphatic carbocycles. The number of hydrogen-bond acceptors (Lipinski definition) is 9. The Bertz CT molecular complexity index is 989. The minimum absolute atomic E-state index is 0.106. The van der Waals surface area contributed by atoms with E-state index in [1.54, 1.807) is 0 Å². The molecule has 0 bridgehead atoms. The maximum absolute atomic E-state index is 12.6. The average molecular weight is 438 g/mol. The number of ether oxygens (including phenoxy) is 4. The van der Waals surface area contributed by atoms with E-state index in [0.29, 0.717) is 5.75 Å². The molecule has 0 spiro atoms. The Morgan fingerprint density at radius 2 is 1.59 bits per heavy atom. The van der Waals surface area contributed by atoms with Crippen molar-refractivity contribution in [1.82, 2.24) is 0 Å². The summed E-state index contributed by atoms with van der Waals surface area (Å²) < 4.78 is 83.3. The van der Waals surface area contributed by atoms with Crippen LogP contribution in [0.3, 0.4) is 0 Å². The van der Waals surface area contributed by atoms with Crippen molar-refractivity contribution in [2.24, 2.45) is 0 Å². The van der Waals surface area contributed by atoms with Gasteiger partial charge >= 0.3 is 27.6 Å². The summed E-state index contributed by atoms with van der Waals surface area (Å²) >= 11 is 0. The number of alkyl halides is 3. The molecule has 158 valence electrons. The summed E-state index contributed by atoms with van der Waals surface area (Å²) in [7, 11) is -2.90. The Morgan fingerprint density at radius 3 is 2.03 bits per heavy atom. The van der Waals surface area contributed by atoms with Crippen LogP contribution in [0.5, 0.6) is 5.75 Å². The van der Waals surface area contributed by atoms with Gasteiger partial charge in [0.25, 0.3) is 5.76 Å². The van der Waals surface area contributed by atoms with Gasteiger partial charge in [0.05, 0.1) is 21.3 Å². The highest BCUT2D eigenvalue weighted by molar-refractivity contribution is 7.87. The van der Waals surface area contributed by atoms with Crippen LogP contribution >= 0.6 is 0 Å². The Hall–Kier alpha value is -3.22. The summed E-state index contributed by atoms with van der Waals surface area (Å²) in [5.41, 5.74) is -6.13. The van der Waals surface area contributed by atoms with Crippen LogP contribution in [0.1, 0.15) is 5.56 Å². The smallest absolute Gasteiger partial charge is 0.497 e. The van der Waals surface area contributed by atoms with E-state index >= 15 is 0 Å². The summed E-state index contributed by atoms with van der Waals surface area (Å²) in [4.78, 5) is 24.2. The van der Waals surface area contributed by atoms with Gasteiger partial charge in [0.2, 0.25) is 5.76 Å². The van der Waals surface area contributed by atoms with E-state index in [9.17, 15) is 31.2 Å². The SMILES string of the molecule is COC(=O)/C(=C1/OC(=O)C(OS(=O)(=O)C(F)(F)F)=C1OC)c1ccc(OC)cc1. The van der Waals surface area contributed by atoms with Gasteiger partial charge in [0.1, 0.15) is 11.3 Å². The largest absolute Gasteiger partial charge is 0.534 e. The first-order valence-electron chi connectivity index (χ1n) is 7.45. The summed E-state index contributed by atoms with van der Waals surface area (Å²) in [6.07, 6.45) is 0. The minimum atomic E-state index is -6.20.